The van der Waals surface area contributed by atoms with Crippen LogP contribution in [0.5, 0.6) is 17.2 Å². The minimum Gasteiger partial charge on any atom is -0.493 e. The van der Waals surface area contributed by atoms with Gasteiger partial charge in [-0.15, -0.1) is 0 Å². The van der Waals surface area contributed by atoms with E-state index < -0.39 is 30.4 Å². The number of carbonyl (C=O) groups is 4. The van der Waals surface area contributed by atoms with Crippen LogP contribution < -0.4 is 29.7 Å². The highest BCUT2D eigenvalue weighted by Gasteiger charge is 2.37. The van der Waals surface area contributed by atoms with E-state index in [2.05, 4.69) is 10.6 Å². The molecule has 0 atom stereocenters. The van der Waals surface area contributed by atoms with E-state index in [0.29, 0.717) is 28.8 Å². The van der Waals surface area contributed by atoms with E-state index in [1.807, 2.05) is 6.92 Å². The van der Waals surface area contributed by atoms with Crippen LogP contribution in [0.4, 0.5) is 16.2 Å². The van der Waals surface area contributed by atoms with E-state index in [-0.39, 0.29) is 37.6 Å². The minimum absolute atomic E-state index is 0.00322. The lowest BCUT2D eigenvalue weighted by Gasteiger charge is -2.27. The third kappa shape index (κ3) is 7.52. The summed E-state index contributed by atoms with van der Waals surface area (Å²) in [5.41, 5.74) is 0.466. The second-order valence-corrected chi connectivity index (χ2v) is 10.5. The fourth-order valence-corrected chi connectivity index (χ4v) is 4.81. The number of methoxy groups -OCH3 is 1. The van der Waals surface area contributed by atoms with Crippen molar-refractivity contribution in [1.82, 2.24) is 5.32 Å². The van der Waals surface area contributed by atoms with Gasteiger partial charge in [-0.1, -0.05) is 53.3 Å². The number of amides is 5. The Balaban J connectivity index is 1.52. The first kappa shape index (κ1) is 32.0. The van der Waals surface area contributed by atoms with Crippen LogP contribution in [0.3, 0.4) is 0 Å². The molecule has 224 valence electrons. The molecule has 0 bridgehead atoms. The highest BCUT2D eigenvalue weighted by atomic mass is 35.5. The molecule has 0 saturated carbocycles. The van der Waals surface area contributed by atoms with Crippen molar-refractivity contribution in [1.29, 1.82) is 0 Å². The summed E-state index contributed by atoms with van der Waals surface area (Å²) in [5.74, 6) is -1.58. The summed E-state index contributed by atoms with van der Waals surface area (Å²) in [4.78, 5) is 51.8. The Bertz CT molecular complexity index is 1620. The van der Waals surface area contributed by atoms with Crippen LogP contribution in [-0.2, 0) is 14.4 Å². The smallest absolute Gasteiger partial charge is 0.335 e. The molecule has 4 rings (SSSR count). The van der Waals surface area contributed by atoms with Crippen LogP contribution in [0.25, 0.3) is 6.08 Å². The summed E-state index contributed by atoms with van der Waals surface area (Å²) in [6.07, 6.45) is 2.00. The van der Waals surface area contributed by atoms with Gasteiger partial charge in [0.15, 0.2) is 23.9 Å². The van der Waals surface area contributed by atoms with Crippen molar-refractivity contribution in [3.8, 4) is 17.2 Å². The molecule has 1 heterocycles. The Morgan fingerprint density at radius 2 is 1.63 bits per heavy atom. The van der Waals surface area contributed by atoms with Crippen LogP contribution in [-0.4, -0.2) is 44.1 Å². The molecule has 1 aliphatic heterocycles. The highest BCUT2D eigenvalue weighted by Crippen LogP contribution is 2.36. The molecule has 0 radical (unpaired) electrons. The molecule has 0 spiro atoms. The number of rotatable bonds is 10. The molecule has 10 nitrogen and oxygen atoms in total. The number of benzene rings is 3. The fourth-order valence-electron chi connectivity index (χ4n) is 3.89. The van der Waals surface area contributed by atoms with Gasteiger partial charge >= 0.3 is 6.03 Å². The number of carbonyl (C=O) groups excluding carboxylic acids is 4. The Morgan fingerprint density at radius 1 is 0.907 bits per heavy atom. The molecule has 0 aliphatic carbocycles. The zero-order valence-corrected chi connectivity index (χ0v) is 25.7. The molecule has 5 amide bonds. The number of nitrogens with zero attached hydrogens (tertiary/aromatic N) is 1. The van der Waals surface area contributed by atoms with E-state index >= 15 is 0 Å². The van der Waals surface area contributed by atoms with Gasteiger partial charge in [-0.25, -0.2) is 9.69 Å². The number of anilines is 2. The van der Waals surface area contributed by atoms with E-state index in [0.717, 1.165) is 11.3 Å². The number of hydrogen-bond donors (Lipinski definition) is 2. The van der Waals surface area contributed by atoms with Gasteiger partial charge in [0.2, 0.25) is 0 Å². The van der Waals surface area contributed by atoms with Crippen molar-refractivity contribution >= 4 is 87.6 Å². The second-order valence-electron chi connectivity index (χ2n) is 8.92. The van der Waals surface area contributed by atoms with Gasteiger partial charge in [-0.3, -0.25) is 19.7 Å². The lowest BCUT2D eigenvalue weighted by Crippen LogP contribution is -2.54. The first-order valence-electron chi connectivity index (χ1n) is 12.6. The fraction of sp³-hybridized carbons (Fsp3) is 0.172. The normalized spacial score (nSPS) is 14.0. The van der Waals surface area contributed by atoms with Gasteiger partial charge < -0.3 is 19.5 Å². The number of barbiturate groups is 1. The third-order valence-corrected chi connectivity index (χ3v) is 7.15. The monoisotopic (exact) mass is 665 g/mol. The van der Waals surface area contributed by atoms with Crippen LogP contribution in [0, 0.1) is 0 Å². The van der Waals surface area contributed by atoms with Crippen molar-refractivity contribution in [3.05, 3.63) is 79.8 Å². The molecule has 1 aliphatic rings. The molecule has 43 heavy (non-hydrogen) atoms. The van der Waals surface area contributed by atoms with Crippen LogP contribution in [0.1, 0.15) is 18.9 Å². The van der Waals surface area contributed by atoms with Gasteiger partial charge in [0.1, 0.15) is 5.57 Å². The molecular weight excluding hydrogens is 644 g/mol. The summed E-state index contributed by atoms with van der Waals surface area (Å²) in [6.45, 7) is 1.95. The van der Waals surface area contributed by atoms with E-state index in [1.54, 1.807) is 12.1 Å². The third-order valence-electron chi connectivity index (χ3n) is 5.85. The number of imide groups is 2. The van der Waals surface area contributed by atoms with Crippen LogP contribution in [0.15, 0.2) is 54.1 Å². The molecule has 0 aromatic heterocycles. The second kappa shape index (κ2) is 14.0. The van der Waals surface area contributed by atoms with Crippen molar-refractivity contribution in [3.63, 3.8) is 0 Å². The standard InChI is InChI=1S/C29H23Cl4N3O7/c1-3-8-42-23-7-5-17(13-24(23)41-2)36-28(39)18(27(38)35-29(36)40)9-15-10-21(32)26(22(33)11-15)43-14-25(37)34-16-4-6-19(30)20(31)12-16/h4-7,9-13H,3,8,14H2,1-2H3,(H,34,37)(H,35,38,40)/b18-9-. The predicted octanol–water partition coefficient (Wildman–Crippen LogP) is 6.78. The van der Waals surface area contributed by atoms with Gasteiger partial charge in [-0.2, -0.15) is 0 Å². The first-order valence-corrected chi connectivity index (χ1v) is 14.1. The number of ether oxygens (including phenoxy) is 3. The molecule has 1 fully saturated rings. The Kier molecular flexibility index (Phi) is 10.4. The molecule has 3 aromatic carbocycles. The maximum absolute atomic E-state index is 13.4. The average molecular weight is 667 g/mol. The maximum Gasteiger partial charge on any atom is 0.335 e. The lowest BCUT2D eigenvalue weighted by molar-refractivity contribution is -0.122. The number of nitrogens with one attached hydrogen (secondary N) is 2. The zero-order chi connectivity index (χ0) is 31.3. The summed E-state index contributed by atoms with van der Waals surface area (Å²) >= 11 is 24.6. The number of hydrogen-bond acceptors (Lipinski definition) is 7. The van der Waals surface area contributed by atoms with Crippen molar-refractivity contribution in [2.75, 3.05) is 30.5 Å². The van der Waals surface area contributed by atoms with E-state index in [1.165, 1.54) is 49.6 Å². The molecule has 2 N–H and O–H groups in total. The zero-order valence-electron chi connectivity index (χ0n) is 22.6. The minimum atomic E-state index is -0.935. The molecule has 0 unspecified atom stereocenters. The van der Waals surface area contributed by atoms with Gasteiger partial charge in [0.05, 0.1) is 39.5 Å². The summed E-state index contributed by atoms with van der Waals surface area (Å²) in [7, 11) is 1.42. The largest absolute Gasteiger partial charge is 0.493 e. The van der Waals surface area contributed by atoms with E-state index in [9.17, 15) is 19.2 Å². The van der Waals surface area contributed by atoms with Gasteiger partial charge in [0.25, 0.3) is 17.7 Å². The Hall–Kier alpha value is -3.96. The van der Waals surface area contributed by atoms with Crippen molar-refractivity contribution in [2.45, 2.75) is 13.3 Å². The number of urea groups is 1. The molecule has 14 heteroatoms. The Labute approximate surface area is 266 Å². The Morgan fingerprint density at radius 3 is 2.28 bits per heavy atom. The lowest BCUT2D eigenvalue weighted by atomic mass is 10.1. The quantitative estimate of drug-likeness (QED) is 0.181. The molecule has 3 aromatic rings. The highest BCUT2D eigenvalue weighted by molar-refractivity contribution is 6.42. The summed E-state index contributed by atoms with van der Waals surface area (Å²) in [5, 5.41) is 5.37. The van der Waals surface area contributed by atoms with Crippen molar-refractivity contribution < 1.29 is 33.4 Å². The van der Waals surface area contributed by atoms with Crippen LogP contribution >= 0.6 is 46.4 Å². The predicted molar refractivity (Wildman–Crippen MR) is 165 cm³/mol. The summed E-state index contributed by atoms with van der Waals surface area (Å²) in [6, 6.07) is 10.9. The van der Waals surface area contributed by atoms with Gasteiger partial charge in [0, 0.05) is 11.8 Å². The molecule has 1 saturated heterocycles. The SMILES string of the molecule is CCCOc1ccc(N2C(=O)NC(=O)/C(=C/c3cc(Cl)c(OCC(=O)Nc4ccc(Cl)c(Cl)c4)c(Cl)c3)C2=O)cc1OC. The van der Waals surface area contributed by atoms with Crippen LogP contribution in [0.2, 0.25) is 20.1 Å². The van der Waals surface area contributed by atoms with Crippen molar-refractivity contribution in [2.24, 2.45) is 0 Å². The first-order chi connectivity index (χ1) is 20.5. The molecular formula is C29H23Cl4N3O7. The van der Waals surface area contributed by atoms with E-state index in [4.69, 9.17) is 60.6 Å². The topological polar surface area (TPSA) is 123 Å². The number of halogens is 4. The summed E-state index contributed by atoms with van der Waals surface area (Å²) < 4.78 is 16.5. The average Bonchev–Trinajstić information content (AvgIpc) is 2.95. The van der Waals surface area contributed by atoms with Gasteiger partial charge in [-0.05, 0) is 60.5 Å². The maximum atomic E-state index is 13.4.